The summed E-state index contributed by atoms with van der Waals surface area (Å²) in [5.41, 5.74) is -2.44. The van der Waals surface area contributed by atoms with E-state index in [-0.39, 0.29) is 31.7 Å². The number of piperidine rings is 1. The molecule has 2 rings (SSSR count). The van der Waals surface area contributed by atoms with E-state index in [1.54, 1.807) is 6.92 Å². The standard InChI is InChI=1S/C12H14F3NO4/c1-6-4-7(9(18)16(5-6)10(19)20)8(17)11(2-3-11)12(13,14)15/h6-7H,2-5H2,1H3,(H,19,20)/t6-,7?/m0/s1. The van der Waals surface area contributed by atoms with Crippen LogP contribution in [0.5, 0.6) is 0 Å². The van der Waals surface area contributed by atoms with Gasteiger partial charge in [-0.25, -0.2) is 9.69 Å². The first-order chi connectivity index (χ1) is 9.10. The van der Waals surface area contributed by atoms with E-state index in [0.717, 1.165) is 0 Å². The summed E-state index contributed by atoms with van der Waals surface area (Å²) in [5.74, 6) is -4.04. The molecular formula is C12H14F3NO4. The summed E-state index contributed by atoms with van der Waals surface area (Å²) in [6.45, 7) is 1.52. The van der Waals surface area contributed by atoms with E-state index in [2.05, 4.69) is 0 Å². The molecule has 2 fully saturated rings. The molecule has 1 saturated heterocycles. The second-order valence-corrected chi connectivity index (χ2v) is 5.57. The second kappa shape index (κ2) is 4.46. The van der Waals surface area contributed by atoms with Crippen LogP contribution < -0.4 is 0 Å². The van der Waals surface area contributed by atoms with Crippen molar-refractivity contribution >= 4 is 17.8 Å². The highest BCUT2D eigenvalue weighted by molar-refractivity contribution is 6.09. The Labute approximate surface area is 112 Å². The third-order valence-corrected chi connectivity index (χ3v) is 4.01. The number of amides is 2. The van der Waals surface area contributed by atoms with Gasteiger partial charge in [-0.05, 0) is 25.2 Å². The maximum absolute atomic E-state index is 12.9. The largest absolute Gasteiger partial charge is 0.465 e. The Morgan fingerprint density at radius 3 is 2.30 bits per heavy atom. The lowest BCUT2D eigenvalue weighted by Gasteiger charge is -2.34. The molecule has 1 heterocycles. The summed E-state index contributed by atoms with van der Waals surface area (Å²) in [7, 11) is 0. The SMILES string of the molecule is C[C@H]1CC(C(=O)C2(C(F)(F)F)CC2)C(=O)N(C(=O)O)C1. The first kappa shape index (κ1) is 14.8. The number of alkyl halides is 3. The molecule has 20 heavy (non-hydrogen) atoms. The fourth-order valence-electron chi connectivity index (χ4n) is 2.69. The zero-order valence-electron chi connectivity index (χ0n) is 10.7. The highest BCUT2D eigenvalue weighted by Crippen LogP contribution is 2.59. The number of carboxylic acid groups (broad SMARTS) is 1. The molecule has 112 valence electrons. The van der Waals surface area contributed by atoms with Gasteiger partial charge in [-0.3, -0.25) is 9.59 Å². The lowest BCUT2D eigenvalue weighted by Crippen LogP contribution is -2.52. The summed E-state index contributed by atoms with van der Waals surface area (Å²) in [6, 6.07) is 0. The second-order valence-electron chi connectivity index (χ2n) is 5.57. The van der Waals surface area contributed by atoms with Gasteiger partial charge in [0.15, 0.2) is 5.78 Å². The molecule has 8 heteroatoms. The van der Waals surface area contributed by atoms with Gasteiger partial charge in [0.2, 0.25) is 5.91 Å². The molecule has 0 bridgehead atoms. The van der Waals surface area contributed by atoms with Gasteiger partial charge in [0, 0.05) is 6.54 Å². The summed E-state index contributed by atoms with van der Waals surface area (Å²) in [6.07, 6.45) is -6.88. The van der Waals surface area contributed by atoms with Crippen molar-refractivity contribution < 1.29 is 32.7 Å². The number of likely N-dealkylation sites (tertiary alicyclic amines) is 1. The summed E-state index contributed by atoms with van der Waals surface area (Å²) >= 11 is 0. The van der Waals surface area contributed by atoms with Crippen LogP contribution in [-0.2, 0) is 9.59 Å². The Kier molecular flexibility index (Phi) is 3.30. The van der Waals surface area contributed by atoms with Crippen molar-refractivity contribution in [1.29, 1.82) is 0 Å². The topological polar surface area (TPSA) is 74.7 Å². The molecule has 5 nitrogen and oxygen atoms in total. The zero-order valence-corrected chi connectivity index (χ0v) is 10.7. The summed E-state index contributed by atoms with van der Waals surface area (Å²) in [5, 5.41) is 8.88. The number of carbonyl (C=O) groups is 3. The van der Waals surface area contributed by atoms with E-state index in [4.69, 9.17) is 5.11 Å². The van der Waals surface area contributed by atoms with Crippen molar-refractivity contribution in [2.75, 3.05) is 6.54 Å². The molecule has 2 amide bonds. The lowest BCUT2D eigenvalue weighted by atomic mass is 9.80. The van der Waals surface area contributed by atoms with Crippen LogP contribution in [0.4, 0.5) is 18.0 Å². The van der Waals surface area contributed by atoms with E-state index < -0.39 is 35.3 Å². The Morgan fingerprint density at radius 1 is 1.35 bits per heavy atom. The highest BCUT2D eigenvalue weighted by atomic mass is 19.4. The van der Waals surface area contributed by atoms with Gasteiger partial charge in [0.1, 0.15) is 5.41 Å². The first-order valence-electron chi connectivity index (χ1n) is 6.25. The normalized spacial score (nSPS) is 29.2. The molecule has 0 aromatic carbocycles. The number of nitrogens with zero attached hydrogens (tertiary/aromatic N) is 1. The summed E-state index contributed by atoms with van der Waals surface area (Å²) in [4.78, 5) is 35.4. The van der Waals surface area contributed by atoms with Crippen molar-refractivity contribution in [3.63, 3.8) is 0 Å². The number of hydrogen-bond donors (Lipinski definition) is 1. The Hall–Kier alpha value is -1.60. The van der Waals surface area contributed by atoms with E-state index >= 15 is 0 Å². The number of Topliss-reactive ketones (excluding diaryl/α,β-unsaturated/α-hetero) is 1. The molecule has 0 radical (unpaired) electrons. The van der Waals surface area contributed by atoms with Crippen LogP contribution >= 0.6 is 0 Å². The molecule has 1 N–H and O–H groups in total. The average Bonchev–Trinajstić information content (AvgIpc) is 3.10. The van der Waals surface area contributed by atoms with Crippen LogP contribution in [0.25, 0.3) is 0 Å². The molecule has 0 aromatic heterocycles. The maximum atomic E-state index is 12.9. The van der Waals surface area contributed by atoms with Crippen LogP contribution in [0.1, 0.15) is 26.2 Å². The molecule has 0 aromatic rings. The smallest absolute Gasteiger partial charge is 0.414 e. The molecule has 1 unspecified atom stereocenters. The fourth-order valence-corrected chi connectivity index (χ4v) is 2.69. The molecule has 1 saturated carbocycles. The maximum Gasteiger partial charge on any atom is 0.414 e. The van der Waals surface area contributed by atoms with E-state index in [0.29, 0.717) is 4.90 Å². The first-order valence-corrected chi connectivity index (χ1v) is 6.25. The van der Waals surface area contributed by atoms with Crippen LogP contribution in [0, 0.1) is 17.3 Å². The lowest BCUT2D eigenvalue weighted by molar-refractivity contribution is -0.194. The Morgan fingerprint density at radius 2 is 1.90 bits per heavy atom. The Bertz CT molecular complexity index is 470. The minimum Gasteiger partial charge on any atom is -0.465 e. The van der Waals surface area contributed by atoms with E-state index in [1.807, 2.05) is 0 Å². The van der Waals surface area contributed by atoms with Crippen LogP contribution in [-0.4, -0.2) is 40.5 Å². The minimum atomic E-state index is -4.68. The van der Waals surface area contributed by atoms with Crippen molar-refractivity contribution in [1.82, 2.24) is 4.90 Å². The van der Waals surface area contributed by atoms with Gasteiger partial charge in [-0.2, -0.15) is 13.2 Å². The molecule has 2 aliphatic rings. The number of ketones is 1. The van der Waals surface area contributed by atoms with Gasteiger partial charge in [0.25, 0.3) is 0 Å². The van der Waals surface area contributed by atoms with Gasteiger partial charge in [0.05, 0.1) is 5.92 Å². The Balaban J connectivity index is 2.26. The number of imide groups is 1. The predicted molar refractivity (Wildman–Crippen MR) is 59.7 cm³/mol. The minimum absolute atomic E-state index is 0.0285. The predicted octanol–water partition coefficient (Wildman–Crippen LogP) is 2.06. The fraction of sp³-hybridized carbons (Fsp3) is 0.750. The monoisotopic (exact) mass is 293 g/mol. The van der Waals surface area contributed by atoms with Gasteiger partial charge >= 0.3 is 12.3 Å². The van der Waals surface area contributed by atoms with Crippen molar-refractivity contribution in [3.8, 4) is 0 Å². The number of halogens is 3. The number of carbonyl (C=O) groups excluding carboxylic acids is 2. The molecule has 1 aliphatic carbocycles. The third-order valence-electron chi connectivity index (χ3n) is 4.01. The summed E-state index contributed by atoms with van der Waals surface area (Å²) < 4.78 is 38.8. The van der Waals surface area contributed by atoms with Gasteiger partial charge in [-0.15, -0.1) is 0 Å². The van der Waals surface area contributed by atoms with Gasteiger partial charge in [-0.1, -0.05) is 6.92 Å². The van der Waals surface area contributed by atoms with Crippen molar-refractivity contribution in [3.05, 3.63) is 0 Å². The van der Waals surface area contributed by atoms with E-state index in [1.165, 1.54) is 0 Å². The highest BCUT2D eigenvalue weighted by Gasteiger charge is 2.69. The van der Waals surface area contributed by atoms with Crippen LogP contribution in [0.15, 0.2) is 0 Å². The van der Waals surface area contributed by atoms with Crippen molar-refractivity contribution in [2.24, 2.45) is 17.3 Å². The molecule has 2 atom stereocenters. The quantitative estimate of drug-likeness (QED) is 0.791. The molecule has 1 aliphatic heterocycles. The van der Waals surface area contributed by atoms with Gasteiger partial charge < -0.3 is 5.11 Å². The van der Waals surface area contributed by atoms with Crippen LogP contribution in [0.2, 0.25) is 0 Å². The number of rotatable bonds is 2. The average molecular weight is 293 g/mol. The zero-order chi connectivity index (χ0) is 15.3. The van der Waals surface area contributed by atoms with E-state index in [9.17, 15) is 27.6 Å². The molecular weight excluding hydrogens is 279 g/mol. The molecule has 0 spiro atoms. The number of hydrogen-bond acceptors (Lipinski definition) is 3. The van der Waals surface area contributed by atoms with Crippen molar-refractivity contribution in [2.45, 2.75) is 32.4 Å². The third kappa shape index (κ3) is 2.16. The van der Waals surface area contributed by atoms with Crippen LogP contribution in [0.3, 0.4) is 0 Å².